The summed E-state index contributed by atoms with van der Waals surface area (Å²) < 4.78 is 0. The number of phenols is 1. The second kappa shape index (κ2) is 7.38. The number of phenolic OH excluding ortho intramolecular Hbond substituents is 1. The van der Waals surface area contributed by atoms with E-state index in [0.29, 0.717) is 6.42 Å². The third-order valence-corrected chi connectivity index (χ3v) is 6.08. The summed E-state index contributed by atoms with van der Waals surface area (Å²) in [5.74, 6) is 0.539. The molecule has 5 rings (SSSR count). The number of anilines is 2. The number of hydrogen-bond donors (Lipinski definition) is 3. The molecule has 4 nitrogen and oxygen atoms in total. The number of rotatable bonds is 2. The smallest absolute Gasteiger partial charge is 0.163 e. The minimum Gasteiger partial charge on any atom is -0.508 e. The van der Waals surface area contributed by atoms with Gasteiger partial charge in [-0.25, -0.2) is 0 Å². The first-order valence-electron chi connectivity index (χ1n) is 10.3. The average Bonchev–Trinajstić information content (AvgIpc) is 2.91. The van der Waals surface area contributed by atoms with E-state index in [2.05, 4.69) is 41.8 Å². The Morgan fingerprint density at radius 1 is 0.833 bits per heavy atom. The van der Waals surface area contributed by atoms with Crippen LogP contribution in [-0.4, -0.2) is 10.9 Å². The van der Waals surface area contributed by atoms with E-state index < -0.39 is 0 Å². The molecule has 2 atom stereocenters. The number of ketones is 1. The molecule has 0 spiro atoms. The van der Waals surface area contributed by atoms with Crippen molar-refractivity contribution in [3.63, 3.8) is 0 Å². The molecule has 1 aliphatic heterocycles. The van der Waals surface area contributed by atoms with Gasteiger partial charge in [-0.2, -0.15) is 0 Å². The van der Waals surface area contributed by atoms with Crippen molar-refractivity contribution in [2.45, 2.75) is 31.7 Å². The Balaban J connectivity index is 1.60. The van der Waals surface area contributed by atoms with Crippen molar-refractivity contribution in [1.82, 2.24) is 0 Å². The lowest BCUT2D eigenvalue weighted by molar-refractivity contribution is -0.116. The molecule has 0 bridgehead atoms. The number of carbonyl (C=O) groups excluding carboxylic acids is 1. The van der Waals surface area contributed by atoms with Gasteiger partial charge < -0.3 is 15.7 Å². The minimum atomic E-state index is -0.261. The van der Waals surface area contributed by atoms with Crippen LogP contribution in [0.2, 0.25) is 0 Å². The Bertz CT molecular complexity index is 1130. The molecule has 1 aliphatic carbocycles. The van der Waals surface area contributed by atoms with Crippen molar-refractivity contribution in [1.29, 1.82) is 0 Å². The van der Waals surface area contributed by atoms with Crippen molar-refractivity contribution < 1.29 is 9.90 Å². The van der Waals surface area contributed by atoms with Gasteiger partial charge in [0.25, 0.3) is 0 Å². The lowest BCUT2D eigenvalue weighted by Gasteiger charge is -2.30. The predicted octanol–water partition coefficient (Wildman–Crippen LogP) is 5.68. The van der Waals surface area contributed by atoms with Crippen molar-refractivity contribution in [3.8, 4) is 5.75 Å². The molecule has 30 heavy (non-hydrogen) atoms. The van der Waals surface area contributed by atoms with Gasteiger partial charge in [0.15, 0.2) is 5.78 Å². The number of Topliss-reactive ketones (excluding diaryl/α,β-unsaturated/α-hetero) is 1. The van der Waals surface area contributed by atoms with Crippen LogP contribution in [0.4, 0.5) is 11.4 Å². The number of aryl methyl sites for hydroxylation is 1. The van der Waals surface area contributed by atoms with Gasteiger partial charge in [-0.15, -0.1) is 0 Å². The van der Waals surface area contributed by atoms with Crippen molar-refractivity contribution in [2.75, 3.05) is 10.6 Å². The molecular weight excluding hydrogens is 372 g/mol. The first-order chi connectivity index (χ1) is 14.6. The molecule has 3 N–H and O–H groups in total. The number of benzene rings is 3. The van der Waals surface area contributed by atoms with Crippen LogP contribution in [0.3, 0.4) is 0 Å². The highest BCUT2D eigenvalue weighted by molar-refractivity contribution is 6.01. The van der Waals surface area contributed by atoms with Gasteiger partial charge in [0.1, 0.15) is 5.75 Å². The molecule has 4 heteroatoms. The maximum absolute atomic E-state index is 13.4. The highest BCUT2D eigenvalue weighted by atomic mass is 16.3. The van der Waals surface area contributed by atoms with Gasteiger partial charge in [0.2, 0.25) is 0 Å². The van der Waals surface area contributed by atoms with Gasteiger partial charge in [0.05, 0.1) is 17.4 Å². The fourth-order valence-electron chi connectivity index (χ4n) is 4.48. The second-order valence-electron chi connectivity index (χ2n) is 8.17. The fraction of sp³-hybridized carbons (Fsp3) is 0.192. The van der Waals surface area contributed by atoms with Gasteiger partial charge in [0, 0.05) is 17.7 Å². The number of para-hydroxylation sites is 2. The molecule has 0 unspecified atom stereocenters. The van der Waals surface area contributed by atoms with Crippen molar-refractivity contribution >= 4 is 17.2 Å². The highest BCUT2D eigenvalue weighted by Gasteiger charge is 2.35. The zero-order valence-electron chi connectivity index (χ0n) is 16.9. The van der Waals surface area contributed by atoms with E-state index in [1.165, 1.54) is 11.1 Å². The maximum atomic E-state index is 13.4. The molecule has 0 fully saturated rings. The summed E-state index contributed by atoms with van der Waals surface area (Å²) in [7, 11) is 0. The summed E-state index contributed by atoms with van der Waals surface area (Å²) >= 11 is 0. The molecule has 3 aromatic rings. The molecule has 150 valence electrons. The Labute approximate surface area is 176 Å². The van der Waals surface area contributed by atoms with E-state index in [1.54, 1.807) is 12.1 Å². The molecule has 0 aromatic heterocycles. The topological polar surface area (TPSA) is 61.4 Å². The first kappa shape index (κ1) is 18.5. The van der Waals surface area contributed by atoms with Gasteiger partial charge >= 0.3 is 0 Å². The fourth-order valence-corrected chi connectivity index (χ4v) is 4.48. The summed E-state index contributed by atoms with van der Waals surface area (Å²) in [6.45, 7) is 2.08. The Kier molecular flexibility index (Phi) is 4.55. The van der Waals surface area contributed by atoms with Crippen LogP contribution in [0, 0.1) is 6.92 Å². The summed E-state index contributed by atoms with van der Waals surface area (Å²) in [4.78, 5) is 13.4. The number of fused-ring (bicyclic) bond motifs is 1. The Morgan fingerprint density at radius 3 is 2.23 bits per heavy atom. The number of hydrogen-bond acceptors (Lipinski definition) is 4. The van der Waals surface area contributed by atoms with Crippen LogP contribution in [0.1, 0.15) is 41.5 Å². The number of aromatic hydroxyl groups is 1. The van der Waals surface area contributed by atoms with E-state index in [0.717, 1.165) is 34.6 Å². The van der Waals surface area contributed by atoms with Crippen LogP contribution in [0.15, 0.2) is 84.1 Å². The van der Waals surface area contributed by atoms with E-state index in [4.69, 9.17) is 0 Å². The maximum Gasteiger partial charge on any atom is 0.163 e. The lowest BCUT2D eigenvalue weighted by atomic mass is 9.78. The van der Waals surface area contributed by atoms with Crippen LogP contribution in [0.5, 0.6) is 5.75 Å². The van der Waals surface area contributed by atoms with Crippen LogP contribution >= 0.6 is 0 Å². The minimum absolute atomic E-state index is 0.160. The summed E-state index contributed by atoms with van der Waals surface area (Å²) in [5.41, 5.74) is 7.09. The van der Waals surface area contributed by atoms with Crippen LogP contribution in [0.25, 0.3) is 0 Å². The number of carbonyl (C=O) groups is 1. The molecule has 0 radical (unpaired) electrons. The zero-order chi connectivity index (χ0) is 20.7. The standard InChI is InChI=1S/C26H24N2O2/c1-16-6-8-17(9-7-16)19-14-23-25(24(30)15-19)26(18-10-12-20(29)13-11-18)28-22-5-3-2-4-21(22)27-23/h2-13,19,26-29H,14-15H2,1H3/t19-,26+/m1/s1. The van der Waals surface area contributed by atoms with Crippen molar-refractivity contribution in [2.24, 2.45) is 0 Å². The lowest BCUT2D eigenvalue weighted by Crippen LogP contribution is -2.26. The molecule has 0 saturated carbocycles. The summed E-state index contributed by atoms with van der Waals surface area (Å²) in [5, 5.41) is 16.8. The highest BCUT2D eigenvalue weighted by Crippen LogP contribution is 2.44. The van der Waals surface area contributed by atoms with E-state index >= 15 is 0 Å². The molecular formula is C26H24N2O2. The largest absolute Gasteiger partial charge is 0.508 e. The number of nitrogens with one attached hydrogen (secondary N) is 2. The van der Waals surface area contributed by atoms with Gasteiger partial charge in [-0.05, 0) is 54.7 Å². The summed E-state index contributed by atoms with van der Waals surface area (Å²) in [6.07, 6.45) is 1.28. The SMILES string of the molecule is Cc1ccc([C@H]2CC(=O)C3=C(C2)Nc2ccccc2N[C@H]3c2ccc(O)cc2)cc1. The van der Waals surface area contributed by atoms with Crippen molar-refractivity contribution in [3.05, 3.63) is 101 Å². The normalized spacial score (nSPS) is 20.5. The molecule has 0 amide bonds. The average molecular weight is 396 g/mol. The van der Waals surface area contributed by atoms with E-state index in [9.17, 15) is 9.90 Å². The first-order valence-corrected chi connectivity index (χ1v) is 10.3. The predicted molar refractivity (Wildman–Crippen MR) is 120 cm³/mol. The third-order valence-electron chi connectivity index (χ3n) is 6.08. The molecule has 1 heterocycles. The molecule has 2 aliphatic rings. The summed E-state index contributed by atoms with van der Waals surface area (Å²) in [6, 6.07) is 23.4. The molecule has 3 aromatic carbocycles. The van der Waals surface area contributed by atoms with E-state index in [-0.39, 0.29) is 23.5 Å². The number of allylic oxidation sites excluding steroid dienone is 1. The monoisotopic (exact) mass is 396 g/mol. The Hall–Kier alpha value is -3.53. The zero-order valence-corrected chi connectivity index (χ0v) is 16.9. The Morgan fingerprint density at radius 2 is 1.50 bits per heavy atom. The molecule has 0 saturated heterocycles. The third kappa shape index (κ3) is 3.35. The van der Waals surface area contributed by atoms with Crippen LogP contribution in [-0.2, 0) is 4.79 Å². The van der Waals surface area contributed by atoms with E-state index in [1.807, 2.05) is 36.4 Å². The quantitative estimate of drug-likeness (QED) is 0.521. The van der Waals surface area contributed by atoms with Gasteiger partial charge in [-0.3, -0.25) is 4.79 Å². The second-order valence-corrected chi connectivity index (χ2v) is 8.17. The van der Waals surface area contributed by atoms with Gasteiger partial charge in [-0.1, -0.05) is 54.1 Å². The van der Waals surface area contributed by atoms with Crippen LogP contribution < -0.4 is 10.6 Å².